The summed E-state index contributed by atoms with van der Waals surface area (Å²) in [6, 6.07) is 0. The van der Waals surface area contributed by atoms with Crippen molar-refractivity contribution in [3.8, 4) is 0 Å². The fourth-order valence-corrected chi connectivity index (χ4v) is 4.98. The zero-order valence-corrected chi connectivity index (χ0v) is 14.5. The van der Waals surface area contributed by atoms with Crippen molar-refractivity contribution in [2.45, 2.75) is 66.2 Å². The Balaban J connectivity index is 2.30. The molecule has 0 aromatic rings. The second-order valence-corrected chi connectivity index (χ2v) is 7.84. The van der Waals surface area contributed by atoms with Gasteiger partial charge in [0.1, 0.15) is 12.6 Å². The average Bonchev–Trinajstić information content (AvgIpc) is 2.79. The molecule has 0 amide bonds. The molecule has 0 heterocycles. The van der Waals surface area contributed by atoms with Gasteiger partial charge in [0.2, 0.25) is 0 Å². The topological polar surface area (TPSA) is 34.1 Å². The van der Waals surface area contributed by atoms with Crippen LogP contribution in [0, 0.1) is 22.7 Å². The number of aldehydes is 2. The Morgan fingerprint density at radius 1 is 1.36 bits per heavy atom. The van der Waals surface area contributed by atoms with Crippen molar-refractivity contribution < 1.29 is 9.59 Å². The van der Waals surface area contributed by atoms with Crippen LogP contribution in [-0.4, -0.2) is 12.6 Å². The van der Waals surface area contributed by atoms with E-state index in [9.17, 15) is 9.59 Å². The van der Waals surface area contributed by atoms with Crippen LogP contribution >= 0.6 is 0 Å². The monoisotopic (exact) mass is 302 g/mol. The van der Waals surface area contributed by atoms with Crippen molar-refractivity contribution in [2.75, 3.05) is 0 Å². The maximum absolute atomic E-state index is 12.2. The predicted octanol–water partition coefficient (Wildman–Crippen LogP) is 4.89. The summed E-state index contributed by atoms with van der Waals surface area (Å²) in [5.74, 6) is 0.765. The molecular weight excluding hydrogens is 272 g/mol. The van der Waals surface area contributed by atoms with Crippen molar-refractivity contribution in [2.24, 2.45) is 22.7 Å². The normalized spacial score (nSPS) is 35.3. The van der Waals surface area contributed by atoms with E-state index in [4.69, 9.17) is 0 Å². The first-order chi connectivity index (χ1) is 10.4. The molecule has 22 heavy (non-hydrogen) atoms. The van der Waals surface area contributed by atoms with Gasteiger partial charge < -0.3 is 4.79 Å². The lowest BCUT2D eigenvalue weighted by Gasteiger charge is -2.47. The highest BCUT2D eigenvalue weighted by atomic mass is 16.1. The molecule has 0 aliphatic heterocycles. The zero-order chi connectivity index (χ0) is 16.4. The molecule has 0 radical (unpaired) electrons. The van der Waals surface area contributed by atoms with Gasteiger partial charge in [-0.3, -0.25) is 4.79 Å². The highest BCUT2D eigenvalue weighted by Gasteiger charge is 2.61. The van der Waals surface area contributed by atoms with Gasteiger partial charge in [0.25, 0.3) is 0 Å². The molecule has 2 rings (SSSR count). The number of fused-ring (bicyclic) bond motifs is 1. The molecule has 2 aliphatic carbocycles. The fourth-order valence-electron chi connectivity index (χ4n) is 4.98. The number of rotatable bonds is 6. The minimum absolute atomic E-state index is 0.0326. The molecule has 0 aromatic carbocycles. The number of carbonyl (C=O) groups excluding carboxylic acids is 2. The Labute approximate surface area is 135 Å². The average molecular weight is 302 g/mol. The molecule has 0 spiro atoms. The molecule has 1 fully saturated rings. The molecule has 122 valence electrons. The summed E-state index contributed by atoms with van der Waals surface area (Å²) in [7, 11) is 0. The van der Waals surface area contributed by atoms with Gasteiger partial charge in [-0.05, 0) is 69.6 Å². The summed E-state index contributed by atoms with van der Waals surface area (Å²) in [4.78, 5) is 23.9. The summed E-state index contributed by atoms with van der Waals surface area (Å²) in [5.41, 5.74) is 1.53. The largest absolute Gasteiger partial charge is 0.302 e. The van der Waals surface area contributed by atoms with Crippen LogP contribution in [0.4, 0.5) is 0 Å². The molecule has 0 saturated heterocycles. The van der Waals surface area contributed by atoms with E-state index < -0.39 is 5.41 Å². The Kier molecular flexibility index (Phi) is 5.09. The standard InChI is InChI=1S/C20H30O2/c1-15(2)7-5-8-16(3)18-10-12-19(4)11-6-9-17(13-21)20(18,19)14-22/h7,9,13-14,16,18H,5-6,8,10-12H2,1-4H3/t16-,18+,19-,20+/m0/s1. The van der Waals surface area contributed by atoms with E-state index in [1.54, 1.807) is 0 Å². The first-order valence-electron chi connectivity index (χ1n) is 8.67. The van der Waals surface area contributed by atoms with Gasteiger partial charge in [-0.1, -0.05) is 31.6 Å². The molecule has 0 N–H and O–H groups in total. The van der Waals surface area contributed by atoms with E-state index in [0.29, 0.717) is 11.8 Å². The van der Waals surface area contributed by atoms with Gasteiger partial charge in [0.05, 0.1) is 5.41 Å². The third-order valence-electron chi connectivity index (χ3n) is 6.30. The zero-order valence-electron chi connectivity index (χ0n) is 14.5. The highest BCUT2D eigenvalue weighted by Crippen LogP contribution is 2.64. The molecule has 1 saturated carbocycles. The van der Waals surface area contributed by atoms with Gasteiger partial charge in [-0.15, -0.1) is 0 Å². The van der Waals surface area contributed by atoms with Crippen molar-refractivity contribution in [3.63, 3.8) is 0 Å². The molecule has 0 bridgehead atoms. The second kappa shape index (κ2) is 6.52. The lowest BCUT2D eigenvalue weighted by Crippen LogP contribution is -2.47. The molecule has 0 aromatic heterocycles. The van der Waals surface area contributed by atoms with Crippen LogP contribution in [0.3, 0.4) is 0 Å². The summed E-state index contributed by atoms with van der Waals surface area (Å²) in [6.45, 7) is 8.73. The minimum atomic E-state index is -0.544. The van der Waals surface area contributed by atoms with E-state index in [1.165, 1.54) is 5.57 Å². The van der Waals surface area contributed by atoms with Gasteiger partial charge in [0.15, 0.2) is 0 Å². The number of hydrogen-bond donors (Lipinski definition) is 0. The van der Waals surface area contributed by atoms with Crippen molar-refractivity contribution >= 4 is 12.6 Å². The van der Waals surface area contributed by atoms with Gasteiger partial charge >= 0.3 is 0 Å². The van der Waals surface area contributed by atoms with Crippen LogP contribution in [0.5, 0.6) is 0 Å². The lowest BCUT2D eigenvalue weighted by atomic mass is 9.54. The molecule has 4 atom stereocenters. The SMILES string of the molecule is CC(C)=CCC[C@H](C)[C@H]1CC[C@]2(C)CCC=C(C=O)[C@]12C=O. The molecule has 2 nitrogen and oxygen atoms in total. The summed E-state index contributed by atoms with van der Waals surface area (Å²) < 4.78 is 0. The first-order valence-corrected chi connectivity index (χ1v) is 8.67. The summed E-state index contributed by atoms with van der Waals surface area (Å²) >= 11 is 0. The van der Waals surface area contributed by atoms with Crippen LogP contribution in [0.25, 0.3) is 0 Å². The van der Waals surface area contributed by atoms with Gasteiger partial charge in [-0.25, -0.2) is 0 Å². The maximum atomic E-state index is 12.2. The predicted molar refractivity (Wildman–Crippen MR) is 90.5 cm³/mol. The van der Waals surface area contributed by atoms with Crippen LogP contribution in [-0.2, 0) is 9.59 Å². The van der Waals surface area contributed by atoms with Crippen LogP contribution in [0.2, 0.25) is 0 Å². The Hall–Kier alpha value is -1.18. The van der Waals surface area contributed by atoms with Crippen LogP contribution in [0.1, 0.15) is 66.2 Å². The summed E-state index contributed by atoms with van der Waals surface area (Å²) in [6.07, 6.45) is 12.6. The quantitative estimate of drug-likeness (QED) is 0.517. The lowest BCUT2D eigenvalue weighted by molar-refractivity contribution is -0.126. The summed E-state index contributed by atoms with van der Waals surface area (Å²) in [5, 5.41) is 0. The van der Waals surface area contributed by atoms with Crippen molar-refractivity contribution in [1.82, 2.24) is 0 Å². The molecule has 0 unspecified atom stereocenters. The molecule has 2 heteroatoms. The van der Waals surface area contributed by atoms with Crippen LogP contribution < -0.4 is 0 Å². The number of carbonyl (C=O) groups is 2. The molecular formula is C20H30O2. The second-order valence-electron chi connectivity index (χ2n) is 7.84. The highest BCUT2D eigenvalue weighted by molar-refractivity contribution is 5.86. The third-order valence-corrected chi connectivity index (χ3v) is 6.30. The first kappa shape index (κ1) is 17.2. The van der Waals surface area contributed by atoms with E-state index in [0.717, 1.165) is 56.7 Å². The van der Waals surface area contributed by atoms with Gasteiger partial charge in [-0.2, -0.15) is 0 Å². The van der Waals surface area contributed by atoms with Crippen molar-refractivity contribution in [3.05, 3.63) is 23.3 Å². The van der Waals surface area contributed by atoms with Gasteiger partial charge in [0, 0.05) is 5.57 Å². The maximum Gasteiger partial charge on any atom is 0.146 e. The Morgan fingerprint density at radius 2 is 2.09 bits per heavy atom. The fraction of sp³-hybridized carbons (Fsp3) is 0.700. The minimum Gasteiger partial charge on any atom is -0.302 e. The van der Waals surface area contributed by atoms with E-state index in [2.05, 4.69) is 33.8 Å². The van der Waals surface area contributed by atoms with E-state index >= 15 is 0 Å². The van der Waals surface area contributed by atoms with E-state index in [1.807, 2.05) is 6.08 Å². The van der Waals surface area contributed by atoms with E-state index in [-0.39, 0.29) is 5.41 Å². The third kappa shape index (κ3) is 2.61. The number of hydrogen-bond acceptors (Lipinski definition) is 2. The smallest absolute Gasteiger partial charge is 0.146 e. The molecule has 2 aliphatic rings. The van der Waals surface area contributed by atoms with Crippen LogP contribution in [0.15, 0.2) is 23.3 Å². The Bertz CT molecular complexity index is 498. The number of allylic oxidation sites excluding steroid dienone is 4. The Morgan fingerprint density at radius 3 is 2.68 bits per heavy atom. The van der Waals surface area contributed by atoms with Crippen molar-refractivity contribution in [1.29, 1.82) is 0 Å².